The number of likely N-dealkylation sites (tertiary alicyclic amines) is 1. The maximum absolute atomic E-state index is 14.5. The van der Waals surface area contributed by atoms with Crippen LogP contribution in [0.5, 0.6) is 5.75 Å². The van der Waals surface area contributed by atoms with Crippen molar-refractivity contribution in [2.45, 2.75) is 44.5 Å². The molecule has 0 bridgehead atoms. The van der Waals surface area contributed by atoms with Gasteiger partial charge in [0.1, 0.15) is 11.6 Å². The summed E-state index contributed by atoms with van der Waals surface area (Å²) in [6, 6.07) is 15.7. The van der Waals surface area contributed by atoms with Crippen LogP contribution in [-0.2, 0) is 0 Å². The molecule has 0 saturated carbocycles. The van der Waals surface area contributed by atoms with Crippen molar-refractivity contribution >= 4 is 5.70 Å². The average Bonchev–Trinajstić information content (AvgIpc) is 3.15. The van der Waals surface area contributed by atoms with E-state index in [0.29, 0.717) is 11.6 Å². The summed E-state index contributed by atoms with van der Waals surface area (Å²) in [5, 5.41) is 2.22. The molecular weight excluding hydrogens is 353 g/mol. The third-order valence-electron chi connectivity index (χ3n) is 6.29. The lowest BCUT2D eigenvalue weighted by Gasteiger charge is -2.52. The first-order valence-corrected chi connectivity index (χ1v) is 10.1. The predicted molar refractivity (Wildman–Crippen MR) is 108 cm³/mol. The summed E-state index contributed by atoms with van der Waals surface area (Å²) < 4.78 is 21.1. The summed E-state index contributed by atoms with van der Waals surface area (Å²) in [6.07, 6.45) is 3.94. The normalized spacial score (nSPS) is 23.7. The molecule has 2 aromatic rings. The molecule has 4 nitrogen and oxygen atoms in total. The second-order valence-electron chi connectivity index (χ2n) is 8.20. The number of hydrazine groups is 1. The Bertz CT molecular complexity index is 918. The SMILES string of the molecule is CC(C)N1CCC2(CC1)Oc1ccccc1[C@H]1C=C(c3ccccc3F)NN12. The van der Waals surface area contributed by atoms with Gasteiger partial charge in [0.2, 0.25) is 0 Å². The van der Waals surface area contributed by atoms with Crippen LogP contribution in [0.3, 0.4) is 0 Å². The van der Waals surface area contributed by atoms with Crippen molar-refractivity contribution < 1.29 is 9.13 Å². The second kappa shape index (κ2) is 6.61. The number of nitrogens with zero attached hydrogens (tertiary/aromatic N) is 2. The number of halogens is 1. The molecule has 146 valence electrons. The van der Waals surface area contributed by atoms with Crippen LogP contribution >= 0.6 is 0 Å². The monoisotopic (exact) mass is 379 g/mol. The van der Waals surface area contributed by atoms with Crippen LogP contribution in [0.25, 0.3) is 5.70 Å². The van der Waals surface area contributed by atoms with Crippen LogP contribution in [0.4, 0.5) is 4.39 Å². The summed E-state index contributed by atoms with van der Waals surface area (Å²) in [5.74, 6) is 0.730. The fourth-order valence-electron chi connectivity index (χ4n) is 4.69. The first-order valence-electron chi connectivity index (χ1n) is 10.1. The fourth-order valence-corrected chi connectivity index (χ4v) is 4.69. The smallest absolute Gasteiger partial charge is 0.182 e. The van der Waals surface area contributed by atoms with E-state index in [1.165, 1.54) is 6.07 Å². The molecule has 3 aliphatic rings. The van der Waals surface area contributed by atoms with Crippen molar-refractivity contribution in [3.8, 4) is 5.75 Å². The molecule has 1 N–H and O–H groups in total. The number of benzene rings is 2. The van der Waals surface area contributed by atoms with Gasteiger partial charge in [0, 0.05) is 43.1 Å². The number of piperidine rings is 1. The molecule has 5 heteroatoms. The molecule has 1 fully saturated rings. The Hall–Kier alpha value is -2.37. The van der Waals surface area contributed by atoms with E-state index < -0.39 is 5.72 Å². The second-order valence-corrected chi connectivity index (χ2v) is 8.20. The average molecular weight is 379 g/mol. The van der Waals surface area contributed by atoms with Crippen LogP contribution in [0, 0.1) is 5.82 Å². The molecule has 0 amide bonds. The zero-order valence-corrected chi connectivity index (χ0v) is 16.4. The number of ether oxygens (including phenoxy) is 1. The third-order valence-corrected chi connectivity index (χ3v) is 6.29. The molecular formula is C23H26FN3O. The Kier molecular flexibility index (Phi) is 4.18. The largest absolute Gasteiger partial charge is 0.470 e. The lowest BCUT2D eigenvalue weighted by molar-refractivity contribution is -0.161. The minimum Gasteiger partial charge on any atom is -0.470 e. The fraction of sp³-hybridized carbons (Fsp3) is 0.391. The van der Waals surface area contributed by atoms with Crippen LogP contribution in [0.2, 0.25) is 0 Å². The van der Waals surface area contributed by atoms with E-state index in [2.05, 4.69) is 47.4 Å². The molecule has 28 heavy (non-hydrogen) atoms. The summed E-state index contributed by atoms with van der Waals surface area (Å²) >= 11 is 0. The minimum absolute atomic E-state index is 0.0326. The molecule has 5 rings (SSSR count). The Morgan fingerprint density at radius 1 is 1.07 bits per heavy atom. The summed E-state index contributed by atoms with van der Waals surface area (Å²) in [5.41, 5.74) is 5.62. The van der Waals surface area contributed by atoms with E-state index in [0.717, 1.165) is 42.9 Å². The van der Waals surface area contributed by atoms with Gasteiger partial charge in [-0.15, -0.1) is 0 Å². The van der Waals surface area contributed by atoms with Crippen molar-refractivity contribution in [2.24, 2.45) is 0 Å². The van der Waals surface area contributed by atoms with E-state index in [4.69, 9.17) is 4.74 Å². The summed E-state index contributed by atoms with van der Waals surface area (Å²) in [7, 11) is 0. The highest BCUT2D eigenvalue weighted by Crippen LogP contribution is 2.48. The van der Waals surface area contributed by atoms with Gasteiger partial charge in [-0.25, -0.2) is 4.39 Å². The number of hydrogen-bond donors (Lipinski definition) is 1. The van der Waals surface area contributed by atoms with E-state index >= 15 is 0 Å². The van der Waals surface area contributed by atoms with Gasteiger partial charge in [0.25, 0.3) is 0 Å². The lowest BCUT2D eigenvalue weighted by atomic mass is 9.92. The van der Waals surface area contributed by atoms with Crippen molar-refractivity contribution in [2.75, 3.05) is 13.1 Å². The van der Waals surface area contributed by atoms with Gasteiger partial charge in [0.15, 0.2) is 5.72 Å². The first-order chi connectivity index (χ1) is 13.6. The molecule has 0 unspecified atom stereocenters. The number of hydrogen-bond acceptors (Lipinski definition) is 4. The summed E-state index contributed by atoms with van der Waals surface area (Å²) in [4.78, 5) is 2.49. The molecule has 0 aromatic heterocycles. The number of nitrogens with one attached hydrogen (secondary N) is 1. The zero-order chi connectivity index (χ0) is 19.3. The van der Waals surface area contributed by atoms with E-state index in [9.17, 15) is 4.39 Å². The van der Waals surface area contributed by atoms with Crippen molar-refractivity contribution in [1.82, 2.24) is 15.3 Å². The van der Waals surface area contributed by atoms with Gasteiger partial charge >= 0.3 is 0 Å². The highest BCUT2D eigenvalue weighted by Gasteiger charge is 2.51. The highest BCUT2D eigenvalue weighted by molar-refractivity contribution is 5.68. The van der Waals surface area contributed by atoms with Gasteiger partial charge < -0.3 is 15.1 Å². The van der Waals surface area contributed by atoms with Crippen LogP contribution in [0.1, 0.15) is 43.9 Å². The van der Waals surface area contributed by atoms with Crippen molar-refractivity contribution in [1.29, 1.82) is 0 Å². The minimum atomic E-state index is -0.423. The molecule has 3 heterocycles. The molecule has 1 spiro atoms. The zero-order valence-electron chi connectivity index (χ0n) is 16.4. The first kappa shape index (κ1) is 17.7. The Labute approximate surface area is 165 Å². The molecule has 1 saturated heterocycles. The molecule has 0 aliphatic carbocycles. The topological polar surface area (TPSA) is 27.7 Å². The maximum atomic E-state index is 14.5. The van der Waals surface area contributed by atoms with Gasteiger partial charge in [-0.1, -0.05) is 30.3 Å². The Balaban J connectivity index is 1.54. The van der Waals surface area contributed by atoms with E-state index in [1.807, 2.05) is 24.3 Å². The van der Waals surface area contributed by atoms with Crippen molar-refractivity contribution in [3.05, 3.63) is 71.6 Å². The van der Waals surface area contributed by atoms with Crippen LogP contribution in [-0.4, -0.2) is 34.8 Å². The maximum Gasteiger partial charge on any atom is 0.182 e. The number of para-hydroxylation sites is 1. The highest BCUT2D eigenvalue weighted by atomic mass is 19.1. The lowest BCUT2D eigenvalue weighted by Crippen LogP contribution is -2.64. The number of rotatable bonds is 2. The summed E-state index contributed by atoms with van der Waals surface area (Å²) in [6.45, 7) is 6.45. The third kappa shape index (κ3) is 2.73. The molecule has 3 aliphatic heterocycles. The van der Waals surface area contributed by atoms with Gasteiger partial charge in [-0.2, -0.15) is 5.01 Å². The van der Waals surface area contributed by atoms with Crippen LogP contribution < -0.4 is 10.2 Å². The van der Waals surface area contributed by atoms with Gasteiger partial charge in [0.05, 0.1) is 11.7 Å². The standard InChI is InChI=1S/C23H26FN3O/c1-16(2)26-13-11-23(12-14-26)27-21(18-8-4-6-10-22(18)28-23)15-20(25-27)17-7-3-5-9-19(17)24/h3-10,15-16,21,25H,11-14H2,1-2H3/t21-/m1/s1. The quantitative estimate of drug-likeness (QED) is 0.841. The van der Waals surface area contributed by atoms with Crippen LogP contribution in [0.15, 0.2) is 54.6 Å². The van der Waals surface area contributed by atoms with Gasteiger partial charge in [-0.05, 0) is 38.1 Å². The van der Waals surface area contributed by atoms with E-state index in [-0.39, 0.29) is 11.9 Å². The number of fused-ring (bicyclic) bond motifs is 4. The van der Waals surface area contributed by atoms with E-state index in [1.54, 1.807) is 6.07 Å². The van der Waals surface area contributed by atoms with Gasteiger partial charge in [-0.3, -0.25) is 0 Å². The molecule has 2 aromatic carbocycles. The Morgan fingerprint density at radius 2 is 1.79 bits per heavy atom. The predicted octanol–water partition coefficient (Wildman–Crippen LogP) is 4.32. The van der Waals surface area contributed by atoms with Crippen molar-refractivity contribution in [3.63, 3.8) is 0 Å². The molecule has 1 atom stereocenters. The Morgan fingerprint density at radius 3 is 2.54 bits per heavy atom. The molecule has 0 radical (unpaired) electrons.